The first-order valence-corrected chi connectivity index (χ1v) is 11.7. The highest BCUT2D eigenvalue weighted by atomic mass is 32.2. The zero-order chi connectivity index (χ0) is 23.3. The maximum atomic E-state index is 13.0. The third-order valence-electron chi connectivity index (χ3n) is 5.03. The van der Waals surface area contributed by atoms with E-state index in [1.807, 2.05) is 42.5 Å². The van der Waals surface area contributed by atoms with Crippen molar-refractivity contribution in [3.63, 3.8) is 0 Å². The molecular weight excluding hydrogens is 438 g/mol. The first kappa shape index (κ1) is 22.4. The fourth-order valence-electron chi connectivity index (χ4n) is 3.30. The van der Waals surface area contributed by atoms with Gasteiger partial charge in [0.05, 0.1) is 17.1 Å². The Bertz CT molecular complexity index is 1370. The molecule has 1 amide bonds. The molecule has 1 N–H and O–H groups in total. The van der Waals surface area contributed by atoms with Crippen LogP contribution in [0.3, 0.4) is 0 Å². The number of anilines is 1. The number of aromatic nitrogens is 1. The summed E-state index contributed by atoms with van der Waals surface area (Å²) in [5.41, 5.74) is 1.29. The van der Waals surface area contributed by atoms with Gasteiger partial charge in [-0.05, 0) is 47.2 Å². The van der Waals surface area contributed by atoms with Gasteiger partial charge >= 0.3 is 0 Å². The van der Waals surface area contributed by atoms with Crippen LogP contribution in [0.25, 0.3) is 10.8 Å². The monoisotopic (exact) mass is 461 g/mol. The average molecular weight is 462 g/mol. The molecule has 0 aliphatic rings. The minimum Gasteiger partial charge on any atom is -0.487 e. The number of hydrogen-bond donors (Lipinski definition) is 1. The van der Waals surface area contributed by atoms with Gasteiger partial charge in [-0.2, -0.15) is 4.31 Å². The number of carbonyl (C=O) groups is 1. The quantitative estimate of drug-likeness (QED) is 0.427. The molecule has 3 aromatic carbocycles. The molecule has 33 heavy (non-hydrogen) atoms. The van der Waals surface area contributed by atoms with Crippen LogP contribution in [-0.2, 0) is 21.4 Å². The molecule has 0 saturated carbocycles. The molecule has 0 saturated heterocycles. The maximum Gasteiger partial charge on any atom is 0.243 e. The van der Waals surface area contributed by atoms with E-state index in [2.05, 4.69) is 10.3 Å². The van der Waals surface area contributed by atoms with Gasteiger partial charge in [-0.15, -0.1) is 0 Å². The van der Waals surface area contributed by atoms with Gasteiger partial charge in [0.1, 0.15) is 12.4 Å². The van der Waals surface area contributed by atoms with E-state index in [1.165, 1.54) is 7.05 Å². The number of fused-ring (bicyclic) bond motifs is 1. The van der Waals surface area contributed by atoms with Crippen LogP contribution >= 0.6 is 0 Å². The second-order valence-electron chi connectivity index (χ2n) is 7.46. The van der Waals surface area contributed by atoms with Crippen molar-refractivity contribution < 1.29 is 17.9 Å². The Labute approximate surface area is 192 Å². The van der Waals surface area contributed by atoms with Crippen molar-refractivity contribution in [2.75, 3.05) is 18.9 Å². The fourth-order valence-corrected chi connectivity index (χ4v) is 4.46. The highest BCUT2D eigenvalue weighted by Crippen LogP contribution is 2.22. The van der Waals surface area contributed by atoms with Crippen LogP contribution < -0.4 is 10.1 Å². The number of sulfonamides is 1. The summed E-state index contributed by atoms with van der Waals surface area (Å²) in [6.45, 7) is -0.0286. The fraction of sp³-hybridized carbons (Fsp3) is 0.120. The highest BCUT2D eigenvalue weighted by molar-refractivity contribution is 7.89. The Morgan fingerprint density at radius 2 is 1.73 bits per heavy atom. The van der Waals surface area contributed by atoms with Crippen molar-refractivity contribution in [3.05, 3.63) is 96.8 Å². The molecular formula is C25H23N3O4S. The van der Waals surface area contributed by atoms with Crippen LogP contribution in [0.4, 0.5) is 5.69 Å². The Morgan fingerprint density at radius 1 is 0.939 bits per heavy atom. The predicted molar refractivity (Wildman–Crippen MR) is 127 cm³/mol. The number of rotatable bonds is 8. The molecule has 0 spiro atoms. The lowest BCUT2D eigenvalue weighted by molar-refractivity contribution is -0.116. The lowest BCUT2D eigenvalue weighted by Crippen LogP contribution is -2.34. The first-order valence-electron chi connectivity index (χ1n) is 10.3. The second kappa shape index (κ2) is 9.81. The first-order chi connectivity index (χ1) is 15.9. The Kier molecular flexibility index (Phi) is 6.67. The molecule has 4 aromatic rings. The van der Waals surface area contributed by atoms with Crippen molar-refractivity contribution in [2.45, 2.75) is 11.5 Å². The summed E-state index contributed by atoms with van der Waals surface area (Å²) in [6.07, 6.45) is 1.69. The smallest absolute Gasteiger partial charge is 0.243 e. The van der Waals surface area contributed by atoms with Gasteiger partial charge < -0.3 is 10.1 Å². The number of pyridine rings is 1. The second-order valence-corrected chi connectivity index (χ2v) is 9.50. The van der Waals surface area contributed by atoms with Gasteiger partial charge in [0.2, 0.25) is 15.9 Å². The minimum absolute atomic E-state index is 0.140. The number of likely N-dealkylation sites (N-methyl/N-ethyl adjacent to an activating group) is 1. The van der Waals surface area contributed by atoms with E-state index >= 15 is 0 Å². The van der Waals surface area contributed by atoms with E-state index in [9.17, 15) is 13.2 Å². The highest BCUT2D eigenvalue weighted by Gasteiger charge is 2.23. The van der Waals surface area contributed by atoms with Crippen molar-refractivity contribution in [2.24, 2.45) is 0 Å². The molecule has 0 aliphatic heterocycles. The summed E-state index contributed by atoms with van der Waals surface area (Å²) in [5.74, 6) is 0.110. The van der Waals surface area contributed by atoms with E-state index in [4.69, 9.17) is 4.74 Å². The SMILES string of the molecule is CN(CC(=O)Nc1cccc(OCc2ccccn2)c1)S(=O)(=O)c1ccc2ccccc2c1. The number of hydrogen-bond acceptors (Lipinski definition) is 5. The third kappa shape index (κ3) is 5.54. The van der Waals surface area contributed by atoms with Gasteiger partial charge in [-0.3, -0.25) is 9.78 Å². The molecule has 0 aliphatic carbocycles. The van der Waals surface area contributed by atoms with Crippen molar-refractivity contribution >= 4 is 32.4 Å². The summed E-state index contributed by atoms with van der Waals surface area (Å²) >= 11 is 0. The summed E-state index contributed by atoms with van der Waals surface area (Å²) in [4.78, 5) is 16.9. The van der Waals surface area contributed by atoms with Crippen LogP contribution in [0.2, 0.25) is 0 Å². The maximum absolute atomic E-state index is 13.0. The lowest BCUT2D eigenvalue weighted by Gasteiger charge is -2.17. The average Bonchev–Trinajstić information content (AvgIpc) is 2.83. The summed E-state index contributed by atoms with van der Waals surface area (Å²) < 4.78 is 32.7. The zero-order valence-electron chi connectivity index (χ0n) is 18.0. The van der Waals surface area contributed by atoms with Crippen molar-refractivity contribution in [3.8, 4) is 5.75 Å². The van der Waals surface area contributed by atoms with Gasteiger partial charge in [-0.1, -0.05) is 42.5 Å². The molecule has 0 radical (unpaired) electrons. The van der Waals surface area contributed by atoms with E-state index in [0.717, 1.165) is 20.8 Å². The van der Waals surface area contributed by atoms with Gasteiger partial charge in [0.25, 0.3) is 0 Å². The van der Waals surface area contributed by atoms with Gasteiger partial charge in [0.15, 0.2) is 0 Å². The third-order valence-corrected chi connectivity index (χ3v) is 6.83. The summed E-state index contributed by atoms with van der Waals surface area (Å²) in [5, 5.41) is 4.49. The molecule has 8 heteroatoms. The molecule has 1 heterocycles. The lowest BCUT2D eigenvalue weighted by atomic mass is 10.1. The van der Waals surface area contributed by atoms with Crippen LogP contribution in [-0.4, -0.2) is 37.2 Å². The molecule has 4 rings (SSSR count). The van der Waals surface area contributed by atoms with Crippen molar-refractivity contribution in [1.82, 2.24) is 9.29 Å². The summed E-state index contributed by atoms with van der Waals surface area (Å²) in [7, 11) is -2.44. The van der Waals surface area contributed by atoms with Crippen LogP contribution in [0, 0.1) is 0 Å². The molecule has 0 bridgehead atoms. The number of benzene rings is 3. The molecule has 0 atom stereocenters. The number of nitrogens with zero attached hydrogens (tertiary/aromatic N) is 2. The topological polar surface area (TPSA) is 88.6 Å². The zero-order valence-corrected chi connectivity index (χ0v) is 18.8. The Morgan fingerprint density at radius 3 is 2.52 bits per heavy atom. The van der Waals surface area contributed by atoms with Gasteiger partial charge in [0, 0.05) is 25.0 Å². The number of ether oxygens (including phenoxy) is 1. The molecule has 0 fully saturated rings. The molecule has 7 nitrogen and oxygen atoms in total. The number of amides is 1. The Hall–Kier alpha value is -3.75. The summed E-state index contributed by atoms with van der Waals surface area (Å²) in [6, 6.07) is 24.9. The van der Waals surface area contributed by atoms with Crippen LogP contribution in [0.15, 0.2) is 96.0 Å². The predicted octanol–water partition coefficient (Wildman–Crippen LogP) is 4.07. The normalized spacial score (nSPS) is 11.5. The van der Waals surface area contributed by atoms with E-state index < -0.39 is 15.9 Å². The Balaban J connectivity index is 1.39. The van der Waals surface area contributed by atoms with E-state index in [1.54, 1.807) is 48.7 Å². The minimum atomic E-state index is -3.82. The van der Waals surface area contributed by atoms with E-state index in [0.29, 0.717) is 18.0 Å². The molecule has 0 unspecified atom stereocenters. The number of nitrogens with one attached hydrogen (secondary N) is 1. The number of carbonyl (C=O) groups excluding carboxylic acids is 1. The van der Waals surface area contributed by atoms with Crippen LogP contribution in [0.1, 0.15) is 5.69 Å². The van der Waals surface area contributed by atoms with Crippen LogP contribution in [0.5, 0.6) is 5.75 Å². The van der Waals surface area contributed by atoms with Crippen molar-refractivity contribution in [1.29, 1.82) is 0 Å². The largest absolute Gasteiger partial charge is 0.487 e. The molecule has 168 valence electrons. The molecule has 1 aromatic heterocycles. The van der Waals surface area contributed by atoms with Gasteiger partial charge in [-0.25, -0.2) is 8.42 Å². The standard InChI is InChI=1S/C25H23N3O4S/c1-28(33(30,31)24-13-12-19-7-2-3-8-20(19)15-24)17-25(29)27-21-10-6-11-23(16-21)32-18-22-9-4-5-14-26-22/h2-16H,17-18H2,1H3,(H,27,29). The van der Waals surface area contributed by atoms with E-state index in [-0.39, 0.29) is 11.4 Å².